The molecule has 0 spiro atoms. The van der Waals surface area contributed by atoms with Crippen LogP contribution >= 0.6 is 0 Å². The van der Waals surface area contributed by atoms with E-state index in [4.69, 9.17) is 5.73 Å². The van der Waals surface area contributed by atoms with Gasteiger partial charge in [-0.3, -0.25) is 0 Å². The summed E-state index contributed by atoms with van der Waals surface area (Å²) in [4.78, 5) is 10.7. The lowest BCUT2D eigenvalue weighted by Crippen LogP contribution is -2.25. The van der Waals surface area contributed by atoms with Gasteiger partial charge in [-0.15, -0.1) is 0 Å². The first-order valence-electron chi connectivity index (χ1n) is 7.46. The van der Waals surface area contributed by atoms with Crippen molar-refractivity contribution in [3.63, 3.8) is 0 Å². The van der Waals surface area contributed by atoms with Crippen LogP contribution in [-0.4, -0.2) is 17.3 Å². The first kappa shape index (κ1) is 17.4. The number of rotatable bonds is 7. The smallest absolute Gasteiger partial charge is 0.129 e. The minimum Gasteiger partial charge on any atom is -0.378 e. The van der Waals surface area contributed by atoms with Crippen molar-refractivity contribution >= 4 is 0 Å². The van der Waals surface area contributed by atoms with E-state index < -0.39 is 11.6 Å². The highest BCUT2D eigenvalue weighted by atomic mass is 16.3. The van der Waals surface area contributed by atoms with Gasteiger partial charge in [0.05, 0.1) is 0 Å². The molecule has 0 saturated heterocycles. The van der Waals surface area contributed by atoms with Gasteiger partial charge in [0.25, 0.3) is 0 Å². The number of nitroso groups, excluding NO2 is 1. The van der Waals surface area contributed by atoms with Gasteiger partial charge in [0, 0.05) is 12.1 Å². The highest BCUT2D eigenvalue weighted by molar-refractivity contribution is 5.39. The highest BCUT2D eigenvalue weighted by Crippen LogP contribution is 2.20. The second-order valence-electron chi connectivity index (χ2n) is 5.26. The van der Waals surface area contributed by atoms with E-state index in [0.717, 1.165) is 24.0 Å². The van der Waals surface area contributed by atoms with Crippen LogP contribution in [0.25, 0.3) is 0 Å². The Morgan fingerprint density at radius 3 is 2.52 bits per heavy atom. The van der Waals surface area contributed by atoms with Gasteiger partial charge in [0.15, 0.2) is 0 Å². The van der Waals surface area contributed by atoms with E-state index in [1.54, 1.807) is 0 Å². The van der Waals surface area contributed by atoms with Crippen molar-refractivity contribution in [2.75, 3.05) is 6.54 Å². The maximum atomic E-state index is 10.7. The SMILES string of the molecule is CCCC(O)(C#Cc1cccc(C(CN)N=O)c1)CCC. The summed E-state index contributed by atoms with van der Waals surface area (Å²) in [6, 6.07) is 6.76. The molecule has 0 aromatic heterocycles. The molecule has 0 saturated carbocycles. The fraction of sp³-hybridized carbons (Fsp3) is 0.529. The third-order valence-electron chi connectivity index (χ3n) is 3.39. The zero-order chi connectivity index (χ0) is 15.7. The van der Waals surface area contributed by atoms with Crippen LogP contribution in [0.15, 0.2) is 29.4 Å². The Morgan fingerprint density at radius 2 is 2.00 bits per heavy atom. The number of hydrogen-bond donors (Lipinski definition) is 2. The first-order valence-corrected chi connectivity index (χ1v) is 7.46. The van der Waals surface area contributed by atoms with Crippen LogP contribution in [-0.2, 0) is 0 Å². The third kappa shape index (κ3) is 5.30. The van der Waals surface area contributed by atoms with E-state index in [1.165, 1.54) is 0 Å². The summed E-state index contributed by atoms with van der Waals surface area (Å²) in [7, 11) is 0. The van der Waals surface area contributed by atoms with Crippen molar-refractivity contribution < 1.29 is 5.11 Å². The van der Waals surface area contributed by atoms with Crippen LogP contribution in [0.3, 0.4) is 0 Å². The molecule has 1 unspecified atom stereocenters. The Hall–Kier alpha value is -1.70. The molecule has 1 rings (SSSR count). The monoisotopic (exact) mass is 288 g/mol. The number of nitrogens with two attached hydrogens (primary N) is 1. The molecule has 0 heterocycles. The normalized spacial score (nSPS) is 12.4. The molecule has 0 fully saturated rings. The van der Waals surface area contributed by atoms with Gasteiger partial charge in [-0.25, -0.2) is 0 Å². The number of aliphatic hydroxyl groups is 1. The van der Waals surface area contributed by atoms with Gasteiger partial charge in [0.2, 0.25) is 0 Å². The van der Waals surface area contributed by atoms with Gasteiger partial charge in [0.1, 0.15) is 11.6 Å². The second kappa shape index (κ2) is 8.56. The third-order valence-corrected chi connectivity index (χ3v) is 3.39. The predicted molar refractivity (Wildman–Crippen MR) is 85.7 cm³/mol. The summed E-state index contributed by atoms with van der Waals surface area (Å²) in [6.45, 7) is 4.24. The van der Waals surface area contributed by atoms with E-state index in [1.807, 2.05) is 38.1 Å². The molecule has 0 amide bonds. The highest BCUT2D eigenvalue weighted by Gasteiger charge is 2.21. The van der Waals surface area contributed by atoms with Crippen LogP contribution < -0.4 is 5.73 Å². The van der Waals surface area contributed by atoms with Gasteiger partial charge in [-0.1, -0.05) is 55.8 Å². The lowest BCUT2D eigenvalue weighted by atomic mass is 9.93. The molecular weight excluding hydrogens is 264 g/mol. The maximum Gasteiger partial charge on any atom is 0.129 e. The standard InChI is InChI=1S/C17H24N2O2/c1-3-9-17(20,10-4-2)11-8-14-6-5-7-15(12-14)16(13-18)19-21/h5-7,12,16,20H,3-4,9-10,13,18H2,1-2H3. The Labute approximate surface area is 126 Å². The molecule has 0 aliphatic rings. The molecule has 4 nitrogen and oxygen atoms in total. The first-order chi connectivity index (χ1) is 10.1. The number of benzene rings is 1. The van der Waals surface area contributed by atoms with Crippen molar-refractivity contribution in [3.05, 3.63) is 40.3 Å². The van der Waals surface area contributed by atoms with Crippen molar-refractivity contribution in [1.82, 2.24) is 0 Å². The molecule has 0 aliphatic carbocycles. The van der Waals surface area contributed by atoms with E-state index in [-0.39, 0.29) is 6.54 Å². The zero-order valence-electron chi connectivity index (χ0n) is 12.8. The molecular formula is C17H24N2O2. The van der Waals surface area contributed by atoms with Gasteiger partial charge >= 0.3 is 0 Å². The van der Waals surface area contributed by atoms with Gasteiger partial charge in [-0.05, 0) is 30.5 Å². The molecule has 1 aromatic carbocycles. The summed E-state index contributed by atoms with van der Waals surface area (Å²) in [5.41, 5.74) is 6.11. The molecule has 4 heteroatoms. The van der Waals surface area contributed by atoms with E-state index in [9.17, 15) is 10.0 Å². The molecule has 21 heavy (non-hydrogen) atoms. The lowest BCUT2D eigenvalue weighted by molar-refractivity contribution is 0.0807. The van der Waals surface area contributed by atoms with Crippen LogP contribution in [0.2, 0.25) is 0 Å². The Bertz CT molecular complexity index is 511. The minimum atomic E-state index is -0.935. The Balaban J connectivity index is 3.00. The Morgan fingerprint density at radius 1 is 1.33 bits per heavy atom. The topological polar surface area (TPSA) is 75.7 Å². The van der Waals surface area contributed by atoms with Crippen LogP contribution in [0, 0.1) is 16.7 Å². The van der Waals surface area contributed by atoms with Crippen molar-refractivity contribution in [1.29, 1.82) is 0 Å². The summed E-state index contributed by atoms with van der Waals surface area (Å²) in [6.07, 6.45) is 3.09. The number of nitrogens with zero attached hydrogens (tertiary/aromatic N) is 1. The van der Waals surface area contributed by atoms with Crippen LogP contribution in [0.5, 0.6) is 0 Å². The quantitative estimate of drug-likeness (QED) is 0.598. The molecule has 1 atom stereocenters. The van der Waals surface area contributed by atoms with E-state index in [2.05, 4.69) is 17.0 Å². The van der Waals surface area contributed by atoms with Crippen molar-refractivity contribution in [2.45, 2.75) is 51.2 Å². The van der Waals surface area contributed by atoms with Gasteiger partial charge in [-0.2, -0.15) is 4.91 Å². The lowest BCUT2D eigenvalue weighted by Gasteiger charge is -2.20. The maximum absolute atomic E-state index is 10.7. The fourth-order valence-corrected chi connectivity index (χ4v) is 2.33. The number of hydrogen-bond acceptors (Lipinski definition) is 4. The van der Waals surface area contributed by atoms with Gasteiger partial charge < -0.3 is 10.8 Å². The van der Waals surface area contributed by atoms with E-state index >= 15 is 0 Å². The predicted octanol–water partition coefficient (Wildman–Crippen LogP) is 3.14. The molecule has 0 radical (unpaired) electrons. The van der Waals surface area contributed by atoms with E-state index in [0.29, 0.717) is 12.8 Å². The molecule has 1 aromatic rings. The summed E-state index contributed by atoms with van der Waals surface area (Å²) in [5.74, 6) is 6.00. The molecule has 0 bridgehead atoms. The van der Waals surface area contributed by atoms with Crippen molar-refractivity contribution in [3.8, 4) is 11.8 Å². The van der Waals surface area contributed by atoms with Crippen LogP contribution in [0.4, 0.5) is 0 Å². The summed E-state index contributed by atoms with van der Waals surface area (Å²) >= 11 is 0. The second-order valence-corrected chi connectivity index (χ2v) is 5.26. The average Bonchev–Trinajstić information content (AvgIpc) is 2.48. The largest absolute Gasteiger partial charge is 0.378 e. The average molecular weight is 288 g/mol. The molecule has 3 N–H and O–H groups in total. The molecule has 114 valence electrons. The zero-order valence-corrected chi connectivity index (χ0v) is 12.8. The summed E-state index contributed by atoms with van der Waals surface area (Å²) in [5, 5.41) is 13.5. The van der Waals surface area contributed by atoms with Crippen molar-refractivity contribution in [2.24, 2.45) is 10.9 Å². The molecule has 0 aliphatic heterocycles. The minimum absolute atomic E-state index is 0.177. The fourth-order valence-electron chi connectivity index (χ4n) is 2.33. The Kier molecular flexibility index (Phi) is 7.07. The summed E-state index contributed by atoms with van der Waals surface area (Å²) < 4.78 is 0. The van der Waals surface area contributed by atoms with Crippen LogP contribution in [0.1, 0.15) is 56.7 Å².